The average Bonchev–Trinajstić information content (AvgIpc) is 3.09. The van der Waals surface area contributed by atoms with E-state index in [-0.39, 0.29) is 0 Å². The van der Waals surface area contributed by atoms with Crippen molar-refractivity contribution in [3.05, 3.63) is 35.4 Å². The maximum atomic E-state index is 9.89. The summed E-state index contributed by atoms with van der Waals surface area (Å²) in [4.78, 5) is 9.41. The van der Waals surface area contributed by atoms with Crippen LogP contribution in [0.1, 0.15) is 42.2 Å². The molecule has 3 aromatic rings. The van der Waals surface area contributed by atoms with Crippen LogP contribution in [0.5, 0.6) is 0 Å². The lowest BCUT2D eigenvalue weighted by atomic mass is 9.96. The summed E-state index contributed by atoms with van der Waals surface area (Å²) in [5.74, 6) is 1.93. The molecule has 6 heteroatoms. The summed E-state index contributed by atoms with van der Waals surface area (Å²) >= 11 is 0. The van der Waals surface area contributed by atoms with E-state index in [1.54, 1.807) is 6.26 Å². The van der Waals surface area contributed by atoms with Gasteiger partial charge >= 0.3 is 0 Å². The number of nitrogens with zero attached hydrogens (tertiary/aromatic N) is 4. The van der Waals surface area contributed by atoms with Gasteiger partial charge in [0.25, 0.3) is 0 Å². The van der Waals surface area contributed by atoms with Gasteiger partial charge in [0.1, 0.15) is 17.3 Å². The van der Waals surface area contributed by atoms with Gasteiger partial charge < -0.3 is 18.6 Å². The van der Waals surface area contributed by atoms with Crippen molar-refractivity contribution in [1.29, 1.82) is 5.26 Å². The fourth-order valence-electron chi connectivity index (χ4n) is 4.29. The first-order chi connectivity index (χ1) is 13.6. The van der Waals surface area contributed by atoms with Gasteiger partial charge in [0.2, 0.25) is 0 Å². The molecule has 28 heavy (non-hydrogen) atoms. The van der Waals surface area contributed by atoms with E-state index in [1.807, 2.05) is 19.1 Å². The molecule has 1 aliphatic carbocycles. The topological polar surface area (TPSA) is 69.4 Å². The molecule has 2 aromatic heterocycles. The standard InChI is InChI=1S/C22H24N4O2/c1-13-16(11-23)19-21(28-22(24-19)14-6-7-14)20(18(13)17-5-4-10-27-17)26-9-8-15(12-26)25(2)3/h4-5,10,14-15H,6-9,12H2,1-3H3/t15-/m0/s1. The Morgan fingerprint density at radius 1 is 1.29 bits per heavy atom. The van der Waals surface area contributed by atoms with E-state index >= 15 is 0 Å². The highest BCUT2D eigenvalue weighted by molar-refractivity contribution is 6.01. The Hall–Kier alpha value is -2.78. The number of likely N-dealkylation sites (N-methyl/N-ethyl adjacent to an activating group) is 1. The molecule has 0 N–H and O–H groups in total. The third-order valence-electron chi connectivity index (χ3n) is 6.10. The zero-order chi connectivity index (χ0) is 19.4. The van der Waals surface area contributed by atoms with Crippen LogP contribution >= 0.6 is 0 Å². The minimum Gasteiger partial charge on any atom is -0.464 e. The Bertz CT molecular complexity index is 1070. The van der Waals surface area contributed by atoms with Gasteiger partial charge in [-0.15, -0.1) is 0 Å². The van der Waals surface area contributed by atoms with Crippen molar-refractivity contribution in [3.63, 3.8) is 0 Å². The summed E-state index contributed by atoms with van der Waals surface area (Å²) in [6.07, 6.45) is 4.99. The fourth-order valence-corrected chi connectivity index (χ4v) is 4.29. The number of hydrogen-bond donors (Lipinski definition) is 0. The van der Waals surface area contributed by atoms with Crippen molar-refractivity contribution in [2.75, 3.05) is 32.1 Å². The van der Waals surface area contributed by atoms with E-state index in [0.717, 1.165) is 66.4 Å². The van der Waals surface area contributed by atoms with Crippen molar-refractivity contribution in [2.45, 2.75) is 38.1 Å². The molecule has 2 fully saturated rings. The highest BCUT2D eigenvalue weighted by Crippen LogP contribution is 2.47. The predicted molar refractivity (Wildman–Crippen MR) is 107 cm³/mol. The number of rotatable bonds is 4. The van der Waals surface area contributed by atoms with Crippen molar-refractivity contribution in [1.82, 2.24) is 9.88 Å². The molecule has 0 radical (unpaired) electrons. The summed E-state index contributed by atoms with van der Waals surface area (Å²) < 4.78 is 12.1. The molecule has 0 spiro atoms. The molecule has 6 nitrogen and oxygen atoms in total. The number of hydrogen-bond acceptors (Lipinski definition) is 6. The number of furan rings is 1. The lowest BCUT2D eigenvalue weighted by Gasteiger charge is -2.24. The Kier molecular flexibility index (Phi) is 3.95. The van der Waals surface area contributed by atoms with E-state index in [4.69, 9.17) is 13.8 Å². The SMILES string of the molecule is Cc1c(-c2ccco2)c(N2CC[C@H](N(C)C)C2)c2oc(C3CC3)nc2c1C#N. The second-order valence-corrected chi connectivity index (χ2v) is 8.17. The van der Waals surface area contributed by atoms with Crippen LogP contribution in [0.4, 0.5) is 5.69 Å². The van der Waals surface area contributed by atoms with Gasteiger partial charge in [0.15, 0.2) is 11.5 Å². The van der Waals surface area contributed by atoms with Gasteiger partial charge in [-0.25, -0.2) is 4.98 Å². The van der Waals surface area contributed by atoms with Crippen molar-refractivity contribution in [3.8, 4) is 17.4 Å². The van der Waals surface area contributed by atoms with Crippen LogP contribution in [0.15, 0.2) is 27.2 Å². The highest BCUT2D eigenvalue weighted by Gasteiger charge is 2.35. The van der Waals surface area contributed by atoms with Gasteiger partial charge in [-0.05, 0) is 58.0 Å². The summed E-state index contributed by atoms with van der Waals surface area (Å²) in [6, 6.07) is 6.70. The van der Waals surface area contributed by atoms with Crippen LogP contribution in [0, 0.1) is 18.3 Å². The molecule has 1 atom stereocenters. The third kappa shape index (κ3) is 2.61. The van der Waals surface area contributed by atoms with Crippen LogP contribution in [0.25, 0.3) is 22.4 Å². The zero-order valence-corrected chi connectivity index (χ0v) is 16.5. The maximum Gasteiger partial charge on any atom is 0.198 e. The van der Waals surface area contributed by atoms with Gasteiger partial charge in [-0.2, -0.15) is 5.26 Å². The van der Waals surface area contributed by atoms with Crippen molar-refractivity contribution in [2.24, 2.45) is 0 Å². The molecule has 1 aliphatic heterocycles. The van der Waals surface area contributed by atoms with Crippen LogP contribution in [0.3, 0.4) is 0 Å². The molecular weight excluding hydrogens is 352 g/mol. The molecule has 5 rings (SSSR count). The number of nitriles is 1. The molecule has 0 unspecified atom stereocenters. The van der Waals surface area contributed by atoms with Crippen LogP contribution < -0.4 is 4.90 Å². The number of benzene rings is 1. The Morgan fingerprint density at radius 3 is 2.71 bits per heavy atom. The van der Waals surface area contributed by atoms with Gasteiger partial charge in [0.05, 0.1) is 17.5 Å². The molecule has 144 valence electrons. The summed E-state index contributed by atoms with van der Waals surface area (Å²) in [5, 5.41) is 9.89. The molecule has 1 saturated heterocycles. The van der Waals surface area contributed by atoms with E-state index in [2.05, 4.69) is 30.0 Å². The first-order valence-corrected chi connectivity index (χ1v) is 9.90. The van der Waals surface area contributed by atoms with Crippen molar-refractivity contribution >= 4 is 16.8 Å². The van der Waals surface area contributed by atoms with E-state index in [9.17, 15) is 5.26 Å². The van der Waals surface area contributed by atoms with E-state index in [0.29, 0.717) is 23.0 Å². The van der Waals surface area contributed by atoms with Crippen molar-refractivity contribution < 1.29 is 8.83 Å². The number of fused-ring (bicyclic) bond motifs is 1. The molecule has 3 heterocycles. The van der Waals surface area contributed by atoms with Crippen LogP contribution in [-0.2, 0) is 0 Å². The highest BCUT2D eigenvalue weighted by atomic mass is 16.4. The van der Waals surface area contributed by atoms with E-state index < -0.39 is 0 Å². The molecule has 1 saturated carbocycles. The molecular formula is C22H24N4O2. The normalized spacial score (nSPS) is 19.7. The molecule has 2 aliphatic rings. The third-order valence-corrected chi connectivity index (χ3v) is 6.10. The average molecular weight is 376 g/mol. The van der Waals surface area contributed by atoms with Gasteiger partial charge in [-0.3, -0.25) is 0 Å². The van der Waals surface area contributed by atoms with Gasteiger partial charge in [0, 0.05) is 30.6 Å². The molecule has 0 bridgehead atoms. The second kappa shape index (κ2) is 6.39. The molecule has 0 amide bonds. The monoisotopic (exact) mass is 376 g/mol. The Morgan fingerprint density at radius 2 is 2.11 bits per heavy atom. The predicted octanol–water partition coefficient (Wildman–Crippen LogP) is 4.29. The number of aromatic nitrogens is 1. The van der Waals surface area contributed by atoms with E-state index in [1.165, 1.54) is 0 Å². The zero-order valence-electron chi connectivity index (χ0n) is 16.5. The minimum atomic E-state index is 0.396. The quantitative estimate of drug-likeness (QED) is 0.677. The number of oxazole rings is 1. The largest absolute Gasteiger partial charge is 0.464 e. The Labute approximate surface area is 164 Å². The van der Waals surface area contributed by atoms with Crippen LogP contribution in [-0.4, -0.2) is 43.1 Å². The lowest BCUT2D eigenvalue weighted by molar-refractivity contribution is 0.315. The fraction of sp³-hybridized carbons (Fsp3) is 0.455. The smallest absolute Gasteiger partial charge is 0.198 e. The molecule has 1 aromatic carbocycles. The summed E-state index contributed by atoms with van der Waals surface area (Å²) in [5.41, 5.74) is 4.89. The summed E-state index contributed by atoms with van der Waals surface area (Å²) in [6.45, 7) is 3.85. The van der Waals surface area contributed by atoms with Gasteiger partial charge in [-0.1, -0.05) is 0 Å². The second-order valence-electron chi connectivity index (χ2n) is 8.17. The first kappa shape index (κ1) is 17.3. The Balaban J connectivity index is 1.78. The maximum absolute atomic E-state index is 9.89. The summed E-state index contributed by atoms with van der Waals surface area (Å²) in [7, 11) is 4.25. The van der Waals surface area contributed by atoms with Crippen LogP contribution in [0.2, 0.25) is 0 Å². The number of anilines is 1. The minimum absolute atomic E-state index is 0.396. The lowest BCUT2D eigenvalue weighted by Crippen LogP contribution is -2.31. The first-order valence-electron chi connectivity index (χ1n) is 9.90.